The molecule has 0 aliphatic carbocycles. The van der Waals surface area contributed by atoms with Gasteiger partial charge in [0.1, 0.15) is 0 Å². The van der Waals surface area contributed by atoms with Crippen LogP contribution in [0, 0.1) is 0 Å². The van der Waals surface area contributed by atoms with Crippen molar-refractivity contribution >= 4 is 17.9 Å². The molecule has 2 rings (SSSR count). The van der Waals surface area contributed by atoms with E-state index in [4.69, 9.17) is 0 Å². The van der Waals surface area contributed by atoms with Crippen LogP contribution in [0.1, 0.15) is 16.8 Å². The molecule has 0 N–H and O–H groups in total. The molecule has 0 bridgehead atoms. The highest BCUT2D eigenvalue weighted by atomic mass is 16.1. The minimum atomic E-state index is 0.827. The fourth-order valence-corrected chi connectivity index (χ4v) is 1.72. The van der Waals surface area contributed by atoms with Gasteiger partial charge in [-0.05, 0) is 29.3 Å². The Balaban J connectivity index is 2.42. The average molecular weight is 234 g/mol. The molecule has 1 aromatic carbocycles. The third-order valence-corrected chi connectivity index (χ3v) is 2.59. The first-order chi connectivity index (χ1) is 8.83. The molecule has 2 nitrogen and oxygen atoms in total. The molecule has 0 unspecified atom stereocenters. The Bertz CT molecular complexity index is 585. The van der Waals surface area contributed by atoms with Crippen molar-refractivity contribution in [1.82, 2.24) is 4.98 Å². The summed E-state index contributed by atoms with van der Waals surface area (Å²) in [5.74, 6) is 0. The third kappa shape index (κ3) is 2.61. The predicted molar refractivity (Wildman–Crippen MR) is 73.5 cm³/mol. The van der Waals surface area contributed by atoms with Crippen LogP contribution in [0.25, 0.3) is 11.6 Å². The number of allylic oxidation sites excluding steroid dienone is 1. The number of nitrogens with zero attached hydrogens (tertiary/aromatic N) is 1. The molecular weight excluding hydrogens is 222 g/mol. The summed E-state index contributed by atoms with van der Waals surface area (Å²) in [5.41, 5.74) is 3.55. The Kier molecular flexibility index (Phi) is 3.82. The number of hydrogen-bond acceptors (Lipinski definition) is 2. The number of carbonyl (C=O) groups excluding carboxylic acids is 1. The Morgan fingerprint density at radius 3 is 2.67 bits per heavy atom. The highest BCUT2D eigenvalue weighted by molar-refractivity contribution is 5.84. The van der Waals surface area contributed by atoms with Crippen LogP contribution in [0.4, 0.5) is 0 Å². The first-order valence-electron chi connectivity index (χ1n) is 5.57. The lowest BCUT2D eigenvalue weighted by molar-refractivity contribution is 0.564. The minimum absolute atomic E-state index is 0.827. The van der Waals surface area contributed by atoms with Gasteiger partial charge in [0.15, 0.2) is 0 Å². The molecule has 1 aromatic heterocycles. The first kappa shape index (κ1) is 12.0. The largest absolute Gasteiger partial charge is 0.286 e. The van der Waals surface area contributed by atoms with Gasteiger partial charge < -0.3 is 0 Å². The van der Waals surface area contributed by atoms with E-state index < -0.39 is 0 Å². The molecule has 87 valence electrons. The quantitative estimate of drug-likeness (QED) is 0.760. The van der Waals surface area contributed by atoms with Crippen LogP contribution >= 0.6 is 0 Å². The summed E-state index contributed by atoms with van der Waals surface area (Å²) in [6.07, 6.45) is 6.55. The maximum absolute atomic E-state index is 10.3. The summed E-state index contributed by atoms with van der Waals surface area (Å²) in [6.45, 7) is 4.07. The van der Waals surface area contributed by atoms with Crippen LogP contribution in [0.3, 0.4) is 0 Å². The van der Waals surface area contributed by atoms with Crippen LogP contribution in [0.2, 0.25) is 0 Å². The normalized spacial score (nSPS) is 10.4. The summed E-state index contributed by atoms with van der Waals surface area (Å²) in [4.78, 5) is 14.6. The maximum Gasteiger partial charge on any atom is 0.225 e. The van der Waals surface area contributed by atoms with Crippen LogP contribution in [0.15, 0.2) is 61.3 Å². The van der Waals surface area contributed by atoms with Gasteiger partial charge in [-0.2, -0.15) is 0 Å². The van der Waals surface area contributed by atoms with Crippen LogP contribution < -0.4 is 0 Å². The smallest absolute Gasteiger partial charge is 0.225 e. The molecule has 0 spiro atoms. The Morgan fingerprint density at radius 2 is 1.94 bits per heavy atom. The molecule has 0 aliphatic heterocycles. The lowest BCUT2D eigenvalue weighted by Gasteiger charge is -2.08. The van der Waals surface area contributed by atoms with Crippen molar-refractivity contribution in [3.05, 3.63) is 78.1 Å². The van der Waals surface area contributed by atoms with Crippen molar-refractivity contribution in [2.45, 2.75) is 0 Å². The van der Waals surface area contributed by atoms with E-state index in [-0.39, 0.29) is 0 Å². The topological polar surface area (TPSA) is 30.0 Å². The van der Waals surface area contributed by atoms with Crippen molar-refractivity contribution in [1.29, 1.82) is 0 Å². The molecule has 0 saturated carbocycles. The number of rotatable bonds is 4. The fourth-order valence-electron chi connectivity index (χ4n) is 1.72. The second kappa shape index (κ2) is 5.73. The number of hydrogen-bond donors (Lipinski definition) is 0. The number of pyridine rings is 1. The van der Waals surface area contributed by atoms with Crippen LogP contribution in [-0.2, 0) is 4.79 Å². The molecule has 1 heterocycles. The maximum atomic E-state index is 10.3. The van der Waals surface area contributed by atoms with Gasteiger partial charge >= 0.3 is 0 Å². The van der Waals surface area contributed by atoms with Gasteiger partial charge in [-0.1, -0.05) is 43.0 Å². The molecule has 1 radical (unpaired) electrons. The standard InChI is InChI=1S/C16H12NO/c1-13(16-10-4-5-11-17-16)15-9-3-2-7-14(15)8-6-12-18/h2-11H,1H2/b8-6+. The minimum Gasteiger partial charge on any atom is -0.286 e. The summed E-state index contributed by atoms with van der Waals surface area (Å²) in [5, 5.41) is 0. The van der Waals surface area contributed by atoms with Gasteiger partial charge in [-0.15, -0.1) is 0 Å². The summed E-state index contributed by atoms with van der Waals surface area (Å²) in [6, 6.07) is 13.4. The van der Waals surface area contributed by atoms with Crippen molar-refractivity contribution < 1.29 is 4.79 Å². The molecule has 0 amide bonds. The van der Waals surface area contributed by atoms with Gasteiger partial charge in [0.25, 0.3) is 0 Å². The lowest BCUT2D eigenvalue weighted by atomic mass is 9.98. The molecule has 0 fully saturated rings. The third-order valence-electron chi connectivity index (χ3n) is 2.59. The molecule has 2 heteroatoms. The zero-order valence-corrected chi connectivity index (χ0v) is 9.84. The van der Waals surface area contributed by atoms with Crippen molar-refractivity contribution in [2.75, 3.05) is 0 Å². The second-order valence-electron chi connectivity index (χ2n) is 3.73. The van der Waals surface area contributed by atoms with E-state index in [2.05, 4.69) is 11.6 Å². The average Bonchev–Trinajstić information content (AvgIpc) is 2.45. The predicted octanol–water partition coefficient (Wildman–Crippen LogP) is 3.27. The Morgan fingerprint density at radius 1 is 1.17 bits per heavy atom. The fraction of sp³-hybridized carbons (Fsp3) is 0. The van der Waals surface area contributed by atoms with E-state index in [1.807, 2.05) is 42.5 Å². The van der Waals surface area contributed by atoms with E-state index in [0.29, 0.717) is 0 Å². The van der Waals surface area contributed by atoms with E-state index in [9.17, 15) is 4.79 Å². The Hall–Kier alpha value is -2.48. The molecule has 0 saturated heterocycles. The Labute approximate surface area is 106 Å². The zero-order chi connectivity index (χ0) is 12.8. The molecule has 0 aliphatic rings. The zero-order valence-electron chi connectivity index (χ0n) is 9.84. The van der Waals surface area contributed by atoms with E-state index in [1.165, 1.54) is 6.08 Å². The van der Waals surface area contributed by atoms with E-state index >= 15 is 0 Å². The van der Waals surface area contributed by atoms with Crippen molar-refractivity contribution in [2.24, 2.45) is 0 Å². The second-order valence-corrected chi connectivity index (χ2v) is 3.73. The van der Waals surface area contributed by atoms with Gasteiger partial charge in [-0.25, -0.2) is 0 Å². The van der Waals surface area contributed by atoms with Crippen molar-refractivity contribution in [3.63, 3.8) is 0 Å². The molecule has 0 atom stereocenters. The lowest BCUT2D eigenvalue weighted by Crippen LogP contribution is -1.92. The van der Waals surface area contributed by atoms with E-state index in [1.54, 1.807) is 18.6 Å². The van der Waals surface area contributed by atoms with E-state index in [0.717, 1.165) is 22.4 Å². The molecule has 18 heavy (non-hydrogen) atoms. The monoisotopic (exact) mass is 234 g/mol. The summed E-state index contributed by atoms with van der Waals surface area (Å²) >= 11 is 0. The number of benzene rings is 1. The van der Waals surface area contributed by atoms with Crippen LogP contribution in [-0.4, -0.2) is 11.3 Å². The molecular formula is C16H12NO. The first-order valence-corrected chi connectivity index (χ1v) is 5.57. The number of aromatic nitrogens is 1. The SMILES string of the molecule is C=C(c1ccccn1)c1ccccc1/C=C/[C]=O. The summed E-state index contributed by atoms with van der Waals surface area (Å²) in [7, 11) is 0. The van der Waals surface area contributed by atoms with Gasteiger partial charge in [-0.3, -0.25) is 9.78 Å². The molecule has 2 aromatic rings. The highest BCUT2D eigenvalue weighted by Crippen LogP contribution is 2.23. The van der Waals surface area contributed by atoms with Crippen LogP contribution in [0.5, 0.6) is 0 Å². The summed E-state index contributed by atoms with van der Waals surface area (Å²) < 4.78 is 0. The van der Waals surface area contributed by atoms with Gasteiger partial charge in [0.05, 0.1) is 5.69 Å². The van der Waals surface area contributed by atoms with Gasteiger partial charge in [0.2, 0.25) is 6.29 Å². The van der Waals surface area contributed by atoms with Gasteiger partial charge in [0, 0.05) is 11.8 Å². The van der Waals surface area contributed by atoms with Crippen molar-refractivity contribution in [3.8, 4) is 0 Å². The highest BCUT2D eigenvalue weighted by Gasteiger charge is 2.06.